The summed E-state index contributed by atoms with van der Waals surface area (Å²) >= 11 is 0. The SMILES string of the molecule is CCn1nccc1[C@@H]1OCCC[C@H]1CNc1cccc(S(=O)(=O)NC)c1. The molecule has 1 aliphatic rings. The Bertz CT molecular complexity index is 834. The van der Waals surface area contributed by atoms with E-state index in [0.717, 1.165) is 37.4 Å². The minimum atomic E-state index is -3.45. The smallest absolute Gasteiger partial charge is 0.240 e. The second kappa shape index (κ2) is 8.20. The number of anilines is 1. The first-order valence-electron chi connectivity index (χ1n) is 8.96. The van der Waals surface area contributed by atoms with E-state index < -0.39 is 10.0 Å². The van der Waals surface area contributed by atoms with Gasteiger partial charge in [0.2, 0.25) is 10.0 Å². The standard InChI is InChI=1S/C18H26N4O3S/c1-3-22-17(9-10-21-22)18-14(6-5-11-25-18)13-20-15-7-4-8-16(12-15)26(23,24)19-2/h4,7-10,12,14,18-20H,3,5-6,11,13H2,1-2H3/t14-,18+/m0/s1. The molecule has 2 heterocycles. The maximum absolute atomic E-state index is 12.0. The van der Waals surface area contributed by atoms with Crippen LogP contribution >= 0.6 is 0 Å². The number of benzene rings is 1. The number of hydrogen-bond acceptors (Lipinski definition) is 5. The van der Waals surface area contributed by atoms with Crippen LogP contribution in [0.1, 0.15) is 31.6 Å². The Morgan fingerprint density at radius 1 is 1.35 bits per heavy atom. The molecule has 2 aromatic rings. The fourth-order valence-corrected chi connectivity index (χ4v) is 4.14. The third-order valence-electron chi connectivity index (χ3n) is 4.77. The molecule has 1 aliphatic heterocycles. The molecule has 0 bridgehead atoms. The van der Waals surface area contributed by atoms with Crippen molar-refractivity contribution >= 4 is 15.7 Å². The highest BCUT2D eigenvalue weighted by atomic mass is 32.2. The average molecular weight is 378 g/mol. The van der Waals surface area contributed by atoms with Crippen LogP contribution in [0.2, 0.25) is 0 Å². The van der Waals surface area contributed by atoms with Crippen molar-refractivity contribution in [1.82, 2.24) is 14.5 Å². The fourth-order valence-electron chi connectivity index (χ4n) is 3.37. The number of nitrogens with zero attached hydrogens (tertiary/aromatic N) is 2. The summed E-state index contributed by atoms with van der Waals surface area (Å²) in [6, 6.07) is 8.88. The van der Waals surface area contributed by atoms with Crippen LogP contribution in [0.15, 0.2) is 41.4 Å². The van der Waals surface area contributed by atoms with E-state index in [9.17, 15) is 8.42 Å². The predicted octanol–water partition coefficient (Wildman–Crippen LogP) is 2.39. The second-order valence-electron chi connectivity index (χ2n) is 6.38. The number of sulfonamides is 1. The van der Waals surface area contributed by atoms with Crippen LogP contribution in [0, 0.1) is 5.92 Å². The summed E-state index contributed by atoms with van der Waals surface area (Å²) < 4.78 is 34.3. The summed E-state index contributed by atoms with van der Waals surface area (Å²) in [6.45, 7) is 4.35. The molecule has 26 heavy (non-hydrogen) atoms. The molecule has 8 heteroatoms. The molecule has 2 atom stereocenters. The predicted molar refractivity (Wildman–Crippen MR) is 100 cm³/mol. The highest BCUT2D eigenvalue weighted by molar-refractivity contribution is 7.89. The number of aromatic nitrogens is 2. The van der Waals surface area contributed by atoms with Gasteiger partial charge in [-0.2, -0.15) is 5.10 Å². The lowest BCUT2D eigenvalue weighted by molar-refractivity contribution is -0.0288. The van der Waals surface area contributed by atoms with Gasteiger partial charge in [-0.3, -0.25) is 4.68 Å². The van der Waals surface area contributed by atoms with Gasteiger partial charge in [-0.15, -0.1) is 0 Å². The first kappa shape index (κ1) is 18.9. The molecule has 1 aromatic carbocycles. The lowest BCUT2D eigenvalue weighted by Crippen LogP contribution is -2.30. The van der Waals surface area contributed by atoms with Gasteiger partial charge in [-0.25, -0.2) is 13.1 Å². The Balaban J connectivity index is 1.73. The molecule has 0 aliphatic carbocycles. The molecule has 1 saturated heterocycles. The molecular formula is C18H26N4O3S. The largest absolute Gasteiger partial charge is 0.385 e. The third kappa shape index (κ3) is 4.08. The molecule has 142 valence electrons. The molecule has 1 aromatic heterocycles. The minimum absolute atomic E-state index is 0.00271. The van der Waals surface area contributed by atoms with Crippen LogP contribution in [0.25, 0.3) is 0 Å². The first-order valence-corrected chi connectivity index (χ1v) is 10.4. The zero-order valence-corrected chi connectivity index (χ0v) is 16.0. The molecule has 7 nitrogen and oxygen atoms in total. The van der Waals surface area contributed by atoms with Crippen molar-refractivity contribution in [1.29, 1.82) is 0 Å². The lowest BCUT2D eigenvalue weighted by Gasteiger charge is -2.32. The van der Waals surface area contributed by atoms with Crippen LogP contribution in [0.4, 0.5) is 5.69 Å². The van der Waals surface area contributed by atoms with Gasteiger partial charge in [0.05, 0.1) is 10.6 Å². The monoisotopic (exact) mass is 378 g/mol. The van der Waals surface area contributed by atoms with Crippen molar-refractivity contribution < 1.29 is 13.2 Å². The number of rotatable bonds is 7. The summed E-state index contributed by atoms with van der Waals surface area (Å²) in [4.78, 5) is 0.255. The maximum Gasteiger partial charge on any atom is 0.240 e. The van der Waals surface area contributed by atoms with Crippen molar-refractivity contribution in [2.75, 3.05) is 25.5 Å². The van der Waals surface area contributed by atoms with Gasteiger partial charge in [-0.1, -0.05) is 6.07 Å². The molecule has 0 amide bonds. The van der Waals surface area contributed by atoms with E-state index in [0.29, 0.717) is 12.5 Å². The highest BCUT2D eigenvalue weighted by Crippen LogP contribution is 2.33. The Labute approximate surface area is 154 Å². The summed E-state index contributed by atoms with van der Waals surface area (Å²) in [5.41, 5.74) is 1.89. The third-order valence-corrected chi connectivity index (χ3v) is 6.18. The van der Waals surface area contributed by atoms with Crippen molar-refractivity contribution in [3.8, 4) is 0 Å². The van der Waals surface area contributed by atoms with Gasteiger partial charge < -0.3 is 10.1 Å². The van der Waals surface area contributed by atoms with E-state index in [1.54, 1.807) is 18.2 Å². The molecule has 1 fully saturated rings. The van der Waals surface area contributed by atoms with E-state index in [1.807, 2.05) is 23.0 Å². The fraction of sp³-hybridized carbons (Fsp3) is 0.500. The number of aryl methyl sites for hydroxylation is 1. The van der Waals surface area contributed by atoms with Gasteiger partial charge in [0.15, 0.2) is 0 Å². The first-order chi connectivity index (χ1) is 12.5. The van der Waals surface area contributed by atoms with Gasteiger partial charge >= 0.3 is 0 Å². The average Bonchev–Trinajstić information content (AvgIpc) is 3.15. The summed E-state index contributed by atoms with van der Waals surface area (Å²) in [6.07, 6.45) is 3.90. The normalized spacial score (nSPS) is 20.8. The van der Waals surface area contributed by atoms with E-state index in [-0.39, 0.29) is 11.0 Å². The van der Waals surface area contributed by atoms with Crippen LogP contribution in [0.5, 0.6) is 0 Å². The molecule has 3 rings (SSSR count). The van der Waals surface area contributed by atoms with E-state index in [1.165, 1.54) is 7.05 Å². The minimum Gasteiger partial charge on any atom is -0.385 e. The molecule has 0 radical (unpaired) electrons. The Morgan fingerprint density at radius 2 is 2.19 bits per heavy atom. The van der Waals surface area contributed by atoms with Gasteiger partial charge in [0.1, 0.15) is 6.10 Å². The zero-order valence-electron chi connectivity index (χ0n) is 15.2. The second-order valence-corrected chi connectivity index (χ2v) is 8.27. The Kier molecular flexibility index (Phi) is 5.95. The molecule has 0 saturated carbocycles. The number of ether oxygens (including phenoxy) is 1. The van der Waals surface area contributed by atoms with Crippen LogP contribution in [-0.2, 0) is 21.3 Å². The van der Waals surface area contributed by atoms with Crippen LogP contribution < -0.4 is 10.0 Å². The molecule has 0 spiro atoms. The summed E-state index contributed by atoms with van der Waals surface area (Å²) in [7, 11) is -2.03. The topological polar surface area (TPSA) is 85.2 Å². The van der Waals surface area contributed by atoms with Gasteiger partial charge in [0.25, 0.3) is 0 Å². The quantitative estimate of drug-likeness (QED) is 0.773. The van der Waals surface area contributed by atoms with Crippen molar-refractivity contribution in [2.24, 2.45) is 5.92 Å². The van der Waals surface area contributed by atoms with Crippen molar-refractivity contribution in [3.05, 3.63) is 42.2 Å². The van der Waals surface area contributed by atoms with Gasteiger partial charge in [-0.05, 0) is 51.1 Å². The van der Waals surface area contributed by atoms with Crippen LogP contribution in [0.3, 0.4) is 0 Å². The van der Waals surface area contributed by atoms with Gasteiger partial charge in [0, 0.05) is 37.5 Å². The highest BCUT2D eigenvalue weighted by Gasteiger charge is 2.29. The summed E-state index contributed by atoms with van der Waals surface area (Å²) in [5.74, 6) is 0.301. The molecule has 0 unspecified atom stereocenters. The maximum atomic E-state index is 12.0. The van der Waals surface area contributed by atoms with Crippen LogP contribution in [-0.4, -0.2) is 38.4 Å². The van der Waals surface area contributed by atoms with E-state index in [4.69, 9.17) is 4.74 Å². The Hall–Kier alpha value is -1.90. The number of nitrogens with one attached hydrogen (secondary N) is 2. The molecular weight excluding hydrogens is 352 g/mol. The summed E-state index contributed by atoms with van der Waals surface area (Å²) in [5, 5.41) is 7.73. The van der Waals surface area contributed by atoms with E-state index in [2.05, 4.69) is 22.1 Å². The van der Waals surface area contributed by atoms with Crippen molar-refractivity contribution in [2.45, 2.75) is 37.3 Å². The van der Waals surface area contributed by atoms with E-state index >= 15 is 0 Å². The zero-order chi connectivity index (χ0) is 18.6. The van der Waals surface area contributed by atoms with Crippen molar-refractivity contribution in [3.63, 3.8) is 0 Å². The number of hydrogen-bond donors (Lipinski definition) is 2. The molecule has 2 N–H and O–H groups in total. The lowest BCUT2D eigenvalue weighted by atomic mass is 9.92. The Morgan fingerprint density at radius 3 is 2.96 bits per heavy atom.